The number of allylic oxidation sites excluding steroid dienone is 2. The number of carbonyl (C=O) groups is 2. The van der Waals surface area contributed by atoms with Crippen LogP contribution in [0.15, 0.2) is 12.2 Å². The van der Waals surface area contributed by atoms with Crippen LogP contribution in [-0.4, -0.2) is 48.1 Å². The van der Waals surface area contributed by atoms with Crippen LogP contribution in [0.2, 0.25) is 0 Å². The molecule has 0 spiro atoms. The smallest absolute Gasteiger partial charge is 0.233 e. The van der Waals surface area contributed by atoms with Gasteiger partial charge in [-0.15, -0.1) is 0 Å². The van der Waals surface area contributed by atoms with Gasteiger partial charge in [-0.1, -0.05) is 12.2 Å². The van der Waals surface area contributed by atoms with Crippen molar-refractivity contribution in [2.24, 2.45) is 23.7 Å². The number of rotatable bonds is 5. The van der Waals surface area contributed by atoms with Crippen LogP contribution in [-0.2, 0) is 9.59 Å². The summed E-state index contributed by atoms with van der Waals surface area (Å²) in [6.45, 7) is 1.54. The predicted molar refractivity (Wildman–Crippen MR) is 64.4 cm³/mol. The molecule has 1 heterocycles. The summed E-state index contributed by atoms with van der Waals surface area (Å²) in [4.78, 5) is 25.9. The first kappa shape index (κ1) is 11.9. The van der Waals surface area contributed by atoms with E-state index in [1.807, 2.05) is 0 Å². The maximum atomic E-state index is 12.2. The van der Waals surface area contributed by atoms with E-state index in [2.05, 4.69) is 17.5 Å². The number of imide groups is 1. The summed E-state index contributed by atoms with van der Waals surface area (Å²) in [7, 11) is 0. The Labute approximate surface area is 106 Å². The van der Waals surface area contributed by atoms with Crippen molar-refractivity contribution in [1.82, 2.24) is 10.2 Å². The number of likely N-dealkylation sites (tertiary alicyclic amines) is 1. The Bertz CT molecular complexity index is 377. The molecule has 3 rings (SSSR count). The van der Waals surface area contributed by atoms with Gasteiger partial charge in [-0.05, 0) is 18.3 Å². The van der Waals surface area contributed by atoms with Crippen molar-refractivity contribution in [3.63, 3.8) is 0 Å². The highest BCUT2D eigenvalue weighted by Crippen LogP contribution is 2.52. The van der Waals surface area contributed by atoms with Gasteiger partial charge >= 0.3 is 0 Å². The number of hydrogen-bond acceptors (Lipinski definition) is 4. The molecule has 3 aliphatic rings. The summed E-state index contributed by atoms with van der Waals surface area (Å²) < 4.78 is 0. The van der Waals surface area contributed by atoms with Crippen LogP contribution in [0.3, 0.4) is 0 Å². The lowest BCUT2D eigenvalue weighted by Gasteiger charge is -2.17. The summed E-state index contributed by atoms with van der Waals surface area (Å²) in [5, 5.41) is 11.6. The lowest BCUT2D eigenvalue weighted by atomic mass is 9.85. The molecule has 1 saturated carbocycles. The molecule has 5 nitrogen and oxygen atoms in total. The molecule has 0 radical (unpaired) electrons. The predicted octanol–water partition coefficient (Wildman–Crippen LogP) is -0.625. The van der Waals surface area contributed by atoms with Crippen LogP contribution in [0.4, 0.5) is 0 Å². The van der Waals surface area contributed by atoms with E-state index in [0.717, 1.165) is 6.42 Å². The molecule has 2 bridgehead atoms. The Hall–Kier alpha value is -1.20. The molecule has 2 aliphatic carbocycles. The Morgan fingerprint density at radius 2 is 1.78 bits per heavy atom. The van der Waals surface area contributed by atoms with E-state index in [9.17, 15) is 9.59 Å². The van der Waals surface area contributed by atoms with Gasteiger partial charge in [0.25, 0.3) is 0 Å². The highest BCUT2D eigenvalue weighted by molar-refractivity contribution is 6.06. The molecule has 2 amide bonds. The van der Waals surface area contributed by atoms with E-state index in [1.165, 1.54) is 4.90 Å². The fourth-order valence-corrected chi connectivity index (χ4v) is 3.58. The third-order valence-corrected chi connectivity index (χ3v) is 4.36. The standard InChI is InChI=1S/C13H18N2O3/c16-6-4-14-3-5-15-12(17)10-8-1-2-9(7-8)11(10)13(15)18/h1-2,8-11,14,16H,3-7H2/t8-,9+,10-,11-/m0/s1. The fourth-order valence-electron chi connectivity index (χ4n) is 3.58. The maximum absolute atomic E-state index is 12.2. The number of amides is 2. The Morgan fingerprint density at radius 1 is 1.17 bits per heavy atom. The number of nitrogens with zero attached hydrogens (tertiary/aromatic N) is 1. The molecule has 98 valence electrons. The van der Waals surface area contributed by atoms with Crippen LogP contribution < -0.4 is 5.32 Å². The summed E-state index contributed by atoms with van der Waals surface area (Å²) >= 11 is 0. The van der Waals surface area contributed by atoms with E-state index >= 15 is 0 Å². The second kappa shape index (κ2) is 4.48. The molecule has 0 aromatic rings. The van der Waals surface area contributed by atoms with E-state index in [4.69, 9.17) is 5.11 Å². The molecular weight excluding hydrogens is 232 g/mol. The zero-order chi connectivity index (χ0) is 12.7. The van der Waals surface area contributed by atoms with E-state index in [1.54, 1.807) is 0 Å². The molecule has 2 N–H and O–H groups in total. The summed E-state index contributed by atoms with van der Waals surface area (Å²) in [6, 6.07) is 0. The fraction of sp³-hybridized carbons (Fsp3) is 0.692. The summed E-state index contributed by atoms with van der Waals surface area (Å²) in [6.07, 6.45) is 5.18. The van der Waals surface area contributed by atoms with E-state index in [-0.39, 0.29) is 42.1 Å². The Kier molecular flexibility index (Phi) is 2.95. The zero-order valence-corrected chi connectivity index (χ0v) is 10.2. The lowest BCUT2D eigenvalue weighted by molar-refractivity contribution is -0.140. The van der Waals surface area contributed by atoms with Gasteiger partial charge in [0.15, 0.2) is 0 Å². The van der Waals surface area contributed by atoms with Crippen LogP contribution in [0.1, 0.15) is 6.42 Å². The first-order chi connectivity index (χ1) is 8.74. The van der Waals surface area contributed by atoms with E-state index < -0.39 is 0 Å². The van der Waals surface area contributed by atoms with Gasteiger partial charge in [0.05, 0.1) is 18.4 Å². The largest absolute Gasteiger partial charge is 0.395 e. The number of aliphatic hydroxyl groups excluding tert-OH is 1. The molecule has 18 heavy (non-hydrogen) atoms. The van der Waals surface area contributed by atoms with Crippen LogP contribution >= 0.6 is 0 Å². The second-order valence-corrected chi connectivity index (χ2v) is 5.30. The first-order valence-corrected chi connectivity index (χ1v) is 6.59. The van der Waals surface area contributed by atoms with Crippen molar-refractivity contribution in [3.8, 4) is 0 Å². The molecular formula is C13H18N2O3. The quantitative estimate of drug-likeness (QED) is 0.387. The summed E-state index contributed by atoms with van der Waals surface area (Å²) in [5.41, 5.74) is 0. The van der Waals surface area contributed by atoms with Crippen molar-refractivity contribution in [2.45, 2.75) is 6.42 Å². The molecule has 1 aliphatic heterocycles. The normalized spacial score (nSPS) is 36.8. The van der Waals surface area contributed by atoms with Crippen molar-refractivity contribution >= 4 is 11.8 Å². The lowest BCUT2D eigenvalue weighted by Crippen LogP contribution is -2.38. The Morgan fingerprint density at radius 3 is 2.33 bits per heavy atom. The molecule has 5 heteroatoms. The molecule has 2 fully saturated rings. The van der Waals surface area contributed by atoms with E-state index in [0.29, 0.717) is 19.6 Å². The number of aliphatic hydroxyl groups is 1. The van der Waals surface area contributed by atoms with Gasteiger partial charge in [0, 0.05) is 19.6 Å². The average Bonchev–Trinajstić information content (AvgIpc) is 3.02. The SMILES string of the molecule is O=C1[C@@H]2[C@@H](C(=O)N1CCNCCO)[C@H]1C=C[C@@H]2C1. The maximum Gasteiger partial charge on any atom is 0.233 e. The third kappa shape index (κ3) is 1.61. The van der Waals surface area contributed by atoms with Crippen molar-refractivity contribution in [3.05, 3.63) is 12.2 Å². The van der Waals surface area contributed by atoms with Crippen molar-refractivity contribution < 1.29 is 14.7 Å². The van der Waals surface area contributed by atoms with Crippen LogP contribution in [0.25, 0.3) is 0 Å². The van der Waals surface area contributed by atoms with Gasteiger partial charge < -0.3 is 10.4 Å². The average molecular weight is 250 g/mol. The molecule has 4 atom stereocenters. The number of nitrogens with one attached hydrogen (secondary N) is 1. The molecule has 0 unspecified atom stereocenters. The van der Waals surface area contributed by atoms with Gasteiger partial charge in [-0.2, -0.15) is 0 Å². The highest BCUT2D eigenvalue weighted by atomic mass is 16.3. The minimum Gasteiger partial charge on any atom is -0.395 e. The third-order valence-electron chi connectivity index (χ3n) is 4.36. The van der Waals surface area contributed by atoms with Gasteiger partial charge in [-0.3, -0.25) is 14.5 Å². The molecule has 0 aromatic carbocycles. The summed E-state index contributed by atoms with van der Waals surface area (Å²) in [5.74, 6) is 0.398. The number of carbonyl (C=O) groups excluding carboxylic acids is 2. The minimum absolute atomic E-state index is 0.00708. The second-order valence-electron chi connectivity index (χ2n) is 5.30. The number of hydrogen-bond donors (Lipinski definition) is 2. The van der Waals surface area contributed by atoms with Crippen molar-refractivity contribution in [1.29, 1.82) is 0 Å². The topological polar surface area (TPSA) is 69.6 Å². The van der Waals surface area contributed by atoms with Gasteiger partial charge in [0.1, 0.15) is 0 Å². The van der Waals surface area contributed by atoms with Crippen LogP contribution in [0.5, 0.6) is 0 Å². The first-order valence-electron chi connectivity index (χ1n) is 6.59. The zero-order valence-electron chi connectivity index (χ0n) is 10.2. The Balaban J connectivity index is 1.65. The van der Waals surface area contributed by atoms with Gasteiger partial charge in [0.2, 0.25) is 11.8 Å². The monoisotopic (exact) mass is 250 g/mol. The molecule has 1 saturated heterocycles. The van der Waals surface area contributed by atoms with Crippen molar-refractivity contribution in [2.75, 3.05) is 26.2 Å². The number of fused-ring (bicyclic) bond motifs is 5. The minimum atomic E-state index is -0.0923. The molecule has 0 aromatic heterocycles. The highest BCUT2D eigenvalue weighted by Gasteiger charge is 2.58. The van der Waals surface area contributed by atoms with Crippen LogP contribution in [0, 0.1) is 23.7 Å². The van der Waals surface area contributed by atoms with Gasteiger partial charge in [-0.25, -0.2) is 0 Å².